The molecule has 0 aliphatic rings. The van der Waals surface area contributed by atoms with E-state index >= 15 is 0 Å². The summed E-state index contributed by atoms with van der Waals surface area (Å²) in [4.78, 5) is 32.9. The van der Waals surface area contributed by atoms with E-state index in [2.05, 4.69) is 5.32 Å². The van der Waals surface area contributed by atoms with Gasteiger partial charge in [0.05, 0.1) is 119 Å². The van der Waals surface area contributed by atoms with E-state index in [0.29, 0.717) is 138 Å². The Balaban J connectivity index is 1.67. The van der Waals surface area contributed by atoms with Gasteiger partial charge in [0.1, 0.15) is 19.0 Å². The minimum atomic E-state index is -0.866. The van der Waals surface area contributed by atoms with Gasteiger partial charge in [0.2, 0.25) is 5.91 Å². The van der Waals surface area contributed by atoms with E-state index < -0.39 is 5.97 Å². The molecule has 0 fully saturated rings. The molecule has 16 heteroatoms. The fourth-order valence-corrected chi connectivity index (χ4v) is 3.75. The van der Waals surface area contributed by atoms with Crippen LogP contribution in [0.5, 0.6) is 5.75 Å². The lowest BCUT2D eigenvalue weighted by Gasteiger charge is -2.09. The zero-order valence-corrected chi connectivity index (χ0v) is 29.4. The Hall–Kier alpha value is -2.93. The number of aliphatic carboxylic acids is 1. The zero-order chi connectivity index (χ0) is 36.2. The SMILES string of the molecule is CC(=O)Nc1ccc(OCCOCCOCCOCCOCCOCCOCCOCCOCCOCCOC(=O)CCCCC(=O)O)cc1. The number of carbonyl (C=O) groups is 3. The molecule has 0 bridgehead atoms. The van der Waals surface area contributed by atoms with Gasteiger partial charge in [-0.15, -0.1) is 0 Å². The third-order valence-electron chi connectivity index (χ3n) is 6.16. The number of anilines is 1. The molecule has 288 valence electrons. The van der Waals surface area contributed by atoms with Crippen LogP contribution < -0.4 is 10.1 Å². The van der Waals surface area contributed by atoms with Crippen molar-refractivity contribution in [2.75, 3.05) is 137 Å². The first-order valence-corrected chi connectivity index (χ1v) is 17.0. The predicted octanol–water partition coefficient (Wildman–Crippen LogP) is 2.36. The molecule has 50 heavy (non-hydrogen) atoms. The van der Waals surface area contributed by atoms with Gasteiger partial charge in [-0.2, -0.15) is 0 Å². The summed E-state index contributed by atoms with van der Waals surface area (Å²) < 4.78 is 59.6. The third kappa shape index (κ3) is 32.3. The lowest BCUT2D eigenvalue weighted by molar-refractivity contribution is -0.146. The van der Waals surface area contributed by atoms with Crippen LogP contribution in [0.15, 0.2) is 24.3 Å². The second kappa shape index (κ2) is 34.5. The Bertz CT molecular complexity index is 951. The number of amides is 1. The molecular formula is C34H57NO15. The summed E-state index contributed by atoms with van der Waals surface area (Å²) in [7, 11) is 0. The minimum absolute atomic E-state index is 0.0567. The van der Waals surface area contributed by atoms with Gasteiger partial charge < -0.3 is 62.5 Å². The molecule has 0 unspecified atom stereocenters. The van der Waals surface area contributed by atoms with Crippen LogP contribution in [0.2, 0.25) is 0 Å². The van der Waals surface area contributed by atoms with E-state index in [9.17, 15) is 14.4 Å². The number of unbranched alkanes of at least 4 members (excludes halogenated alkanes) is 1. The summed E-state index contributed by atoms with van der Waals surface area (Å²) in [6.07, 6.45) is 1.22. The highest BCUT2D eigenvalue weighted by Crippen LogP contribution is 2.15. The number of rotatable bonds is 37. The molecule has 0 aromatic heterocycles. The maximum absolute atomic E-state index is 11.5. The molecule has 1 aromatic carbocycles. The standard InChI is InChI=1S/C34H57NO15/c1-30(36)35-31-6-8-32(9-7-31)49-28-26-47-24-22-45-20-18-43-16-14-41-12-10-40-11-13-42-15-17-44-19-21-46-23-25-48-27-29-50-34(39)5-3-2-4-33(37)38/h6-9H,2-5,10-29H2,1H3,(H,35,36)(H,37,38). The Morgan fingerprint density at radius 1 is 0.500 bits per heavy atom. The molecule has 0 radical (unpaired) electrons. The van der Waals surface area contributed by atoms with Crippen molar-refractivity contribution >= 4 is 23.5 Å². The molecule has 1 aromatic rings. The number of ether oxygens (including phenoxy) is 11. The molecule has 0 aliphatic carbocycles. The van der Waals surface area contributed by atoms with Crippen molar-refractivity contribution in [3.63, 3.8) is 0 Å². The number of benzene rings is 1. The predicted molar refractivity (Wildman–Crippen MR) is 181 cm³/mol. The maximum Gasteiger partial charge on any atom is 0.305 e. The average Bonchev–Trinajstić information content (AvgIpc) is 3.09. The summed E-state index contributed by atoms with van der Waals surface area (Å²) in [5, 5.41) is 11.3. The Labute approximate surface area is 295 Å². The van der Waals surface area contributed by atoms with Crippen molar-refractivity contribution in [3.05, 3.63) is 24.3 Å². The van der Waals surface area contributed by atoms with Crippen molar-refractivity contribution in [1.82, 2.24) is 0 Å². The second-order valence-corrected chi connectivity index (χ2v) is 10.4. The summed E-state index contributed by atoms with van der Waals surface area (Å²) in [6, 6.07) is 7.15. The van der Waals surface area contributed by atoms with Crippen molar-refractivity contribution < 1.29 is 71.6 Å². The molecule has 1 rings (SSSR count). The van der Waals surface area contributed by atoms with Crippen LogP contribution in [-0.2, 0) is 61.8 Å². The van der Waals surface area contributed by atoms with Crippen LogP contribution in [0.3, 0.4) is 0 Å². The first-order valence-electron chi connectivity index (χ1n) is 17.0. The van der Waals surface area contributed by atoms with Crippen LogP contribution in [0.4, 0.5) is 5.69 Å². The van der Waals surface area contributed by atoms with Crippen molar-refractivity contribution in [2.24, 2.45) is 0 Å². The highest BCUT2D eigenvalue weighted by atomic mass is 16.6. The zero-order valence-electron chi connectivity index (χ0n) is 29.4. The highest BCUT2D eigenvalue weighted by Gasteiger charge is 2.04. The van der Waals surface area contributed by atoms with Gasteiger partial charge in [-0.3, -0.25) is 14.4 Å². The fraction of sp³-hybridized carbons (Fsp3) is 0.735. The van der Waals surface area contributed by atoms with Gasteiger partial charge in [0.25, 0.3) is 0 Å². The maximum atomic E-state index is 11.5. The number of hydrogen-bond acceptors (Lipinski definition) is 14. The molecule has 0 atom stereocenters. The molecule has 16 nitrogen and oxygen atoms in total. The van der Waals surface area contributed by atoms with E-state index in [-0.39, 0.29) is 37.9 Å². The van der Waals surface area contributed by atoms with Crippen molar-refractivity contribution in [2.45, 2.75) is 32.6 Å². The molecule has 1 amide bonds. The fourth-order valence-electron chi connectivity index (χ4n) is 3.75. The Morgan fingerprint density at radius 3 is 1.20 bits per heavy atom. The van der Waals surface area contributed by atoms with Gasteiger partial charge >= 0.3 is 11.9 Å². The number of carboxylic acids is 1. The Kier molecular flexibility index (Phi) is 31.1. The second-order valence-electron chi connectivity index (χ2n) is 10.4. The number of carboxylic acid groups (broad SMARTS) is 1. The van der Waals surface area contributed by atoms with Crippen LogP contribution >= 0.6 is 0 Å². The van der Waals surface area contributed by atoms with Gasteiger partial charge in [-0.1, -0.05) is 0 Å². The lowest BCUT2D eigenvalue weighted by atomic mass is 10.2. The Morgan fingerprint density at radius 2 is 0.840 bits per heavy atom. The molecule has 0 spiro atoms. The van der Waals surface area contributed by atoms with Crippen molar-refractivity contribution in [3.8, 4) is 5.75 Å². The van der Waals surface area contributed by atoms with Crippen LogP contribution in [-0.4, -0.2) is 155 Å². The molecular weight excluding hydrogens is 662 g/mol. The van der Waals surface area contributed by atoms with Gasteiger partial charge in [0, 0.05) is 25.5 Å². The van der Waals surface area contributed by atoms with Crippen molar-refractivity contribution in [1.29, 1.82) is 0 Å². The van der Waals surface area contributed by atoms with Crippen LogP contribution in [0.25, 0.3) is 0 Å². The molecule has 0 aliphatic heterocycles. The monoisotopic (exact) mass is 719 g/mol. The third-order valence-corrected chi connectivity index (χ3v) is 6.16. The number of carbonyl (C=O) groups excluding carboxylic acids is 2. The van der Waals surface area contributed by atoms with Crippen LogP contribution in [0.1, 0.15) is 32.6 Å². The van der Waals surface area contributed by atoms with E-state index in [4.69, 9.17) is 57.2 Å². The normalized spacial score (nSPS) is 11.1. The van der Waals surface area contributed by atoms with E-state index in [1.807, 2.05) is 0 Å². The summed E-state index contributed by atoms with van der Waals surface area (Å²) in [5.74, 6) is -0.623. The van der Waals surface area contributed by atoms with E-state index in [1.54, 1.807) is 24.3 Å². The molecule has 2 N–H and O–H groups in total. The smallest absolute Gasteiger partial charge is 0.305 e. The van der Waals surface area contributed by atoms with E-state index in [0.717, 1.165) is 5.69 Å². The topological polar surface area (TPSA) is 185 Å². The van der Waals surface area contributed by atoms with Gasteiger partial charge in [-0.05, 0) is 37.1 Å². The van der Waals surface area contributed by atoms with Crippen LogP contribution in [0, 0.1) is 0 Å². The minimum Gasteiger partial charge on any atom is -0.491 e. The summed E-state index contributed by atoms with van der Waals surface area (Å²) in [6.45, 7) is 10.1. The lowest BCUT2D eigenvalue weighted by Crippen LogP contribution is -2.15. The number of nitrogens with one attached hydrogen (secondary N) is 1. The molecule has 0 saturated carbocycles. The number of esters is 1. The summed E-state index contributed by atoms with van der Waals surface area (Å²) >= 11 is 0. The highest BCUT2D eigenvalue weighted by molar-refractivity contribution is 5.88. The quantitative estimate of drug-likeness (QED) is 0.0754. The average molecular weight is 720 g/mol. The van der Waals surface area contributed by atoms with E-state index in [1.165, 1.54) is 6.92 Å². The number of hydrogen-bond donors (Lipinski definition) is 2. The first-order chi connectivity index (χ1) is 24.5. The largest absolute Gasteiger partial charge is 0.491 e. The first kappa shape index (κ1) is 45.1. The van der Waals surface area contributed by atoms with Gasteiger partial charge in [0.15, 0.2) is 0 Å². The molecule has 0 heterocycles. The van der Waals surface area contributed by atoms with Gasteiger partial charge in [-0.25, -0.2) is 0 Å². The summed E-state index contributed by atoms with van der Waals surface area (Å²) in [5.41, 5.74) is 0.724. The molecule has 0 saturated heterocycles.